The van der Waals surface area contributed by atoms with Crippen LogP contribution in [0.1, 0.15) is 12.8 Å². The third-order valence-corrected chi connectivity index (χ3v) is 4.62. The summed E-state index contributed by atoms with van der Waals surface area (Å²) in [6.45, 7) is 1.87. The number of hydrogen-bond donors (Lipinski definition) is 0. The molecule has 0 unspecified atom stereocenters. The first-order chi connectivity index (χ1) is 9.93. The van der Waals surface area contributed by atoms with Crippen LogP contribution in [-0.4, -0.2) is 50.2 Å². The number of halogens is 1. The summed E-state index contributed by atoms with van der Waals surface area (Å²) in [6.07, 6.45) is 2.16. The van der Waals surface area contributed by atoms with Crippen molar-refractivity contribution in [3.05, 3.63) is 26.7 Å². The van der Waals surface area contributed by atoms with Crippen LogP contribution in [0.3, 0.4) is 0 Å². The third-order valence-electron chi connectivity index (χ3n) is 3.98. The molecule has 0 radical (unpaired) electrons. The lowest BCUT2D eigenvalue weighted by molar-refractivity contribution is -0.385. The maximum absolute atomic E-state index is 11.0. The second-order valence-corrected chi connectivity index (χ2v) is 6.27. The summed E-state index contributed by atoms with van der Waals surface area (Å²) in [6, 6.07) is 3.87. The van der Waals surface area contributed by atoms with E-state index in [1.54, 1.807) is 6.07 Å². The first-order valence-electron chi connectivity index (χ1n) is 6.87. The zero-order chi connectivity index (χ0) is 15.6. The highest BCUT2D eigenvalue weighted by molar-refractivity contribution is 9.10. The van der Waals surface area contributed by atoms with Gasteiger partial charge >= 0.3 is 5.69 Å². The largest absolute Gasteiger partial charge is 0.490 e. The molecule has 116 valence electrons. The van der Waals surface area contributed by atoms with E-state index >= 15 is 0 Å². The van der Waals surface area contributed by atoms with Crippen LogP contribution >= 0.6 is 15.9 Å². The number of rotatable bonds is 4. The Morgan fingerprint density at radius 1 is 1.38 bits per heavy atom. The Morgan fingerprint density at radius 2 is 2.00 bits per heavy atom. The van der Waals surface area contributed by atoms with Gasteiger partial charge in [0.1, 0.15) is 0 Å². The molecule has 1 aliphatic rings. The van der Waals surface area contributed by atoms with Gasteiger partial charge in [-0.2, -0.15) is 0 Å². The fourth-order valence-electron chi connectivity index (χ4n) is 2.70. The maximum atomic E-state index is 11.0. The van der Waals surface area contributed by atoms with Gasteiger partial charge in [-0.25, -0.2) is 0 Å². The van der Waals surface area contributed by atoms with E-state index in [4.69, 9.17) is 4.74 Å². The average Bonchev–Trinajstić information content (AvgIpc) is 2.47. The highest BCUT2D eigenvalue weighted by Gasteiger charge is 2.25. The van der Waals surface area contributed by atoms with Crippen molar-refractivity contribution >= 4 is 27.3 Å². The van der Waals surface area contributed by atoms with E-state index in [2.05, 4.69) is 39.8 Å². The Bertz CT molecular complexity index is 528. The molecule has 1 aliphatic heterocycles. The third kappa shape index (κ3) is 3.47. The van der Waals surface area contributed by atoms with E-state index in [0.717, 1.165) is 36.1 Å². The molecule has 0 N–H and O–H groups in total. The summed E-state index contributed by atoms with van der Waals surface area (Å²) in [5.74, 6) is 0.299. The number of ether oxygens (including phenoxy) is 1. The van der Waals surface area contributed by atoms with Crippen LogP contribution in [-0.2, 0) is 0 Å². The monoisotopic (exact) mass is 357 g/mol. The molecule has 21 heavy (non-hydrogen) atoms. The van der Waals surface area contributed by atoms with Gasteiger partial charge < -0.3 is 14.5 Å². The van der Waals surface area contributed by atoms with Crippen molar-refractivity contribution in [2.75, 3.05) is 39.2 Å². The number of methoxy groups -OCH3 is 1. The molecule has 6 nitrogen and oxygen atoms in total. The fraction of sp³-hybridized carbons (Fsp3) is 0.571. The summed E-state index contributed by atoms with van der Waals surface area (Å²) in [4.78, 5) is 15.1. The Morgan fingerprint density at radius 3 is 2.48 bits per heavy atom. The highest BCUT2D eigenvalue weighted by Crippen LogP contribution is 2.38. The second kappa shape index (κ2) is 6.62. The Hall–Kier alpha value is -1.34. The first kappa shape index (κ1) is 16.0. The average molecular weight is 358 g/mol. The summed E-state index contributed by atoms with van der Waals surface area (Å²) in [5, 5.41) is 11.0. The summed E-state index contributed by atoms with van der Waals surface area (Å²) in [5.41, 5.74) is 0.936. The molecule has 0 aromatic heterocycles. The number of nitro groups is 1. The molecule has 1 fully saturated rings. The topological polar surface area (TPSA) is 58.8 Å². The summed E-state index contributed by atoms with van der Waals surface area (Å²) >= 11 is 3.45. The lowest BCUT2D eigenvalue weighted by atomic mass is 10.0. The molecule has 0 saturated carbocycles. The SMILES string of the molecule is COc1cc(N2CCC(N(C)C)CC2)c(Br)cc1[N+](=O)[O-]. The smallest absolute Gasteiger partial charge is 0.312 e. The van der Waals surface area contributed by atoms with Crippen molar-refractivity contribution in [3.8, 4) is 5.75 Å². The van der Waals surface area contributed by atoms with Gasteiger partial charge in [0.05, 0.1) is 17.7 Å². The van der Waals surface area contributed by atoms with E-state index in [0.29, 0.717) is 11.8 Å². The minimum absolute atomic E-state index is 0.0173. The van der Waals surface area contributed by atoms with Gasteiger partial charge in [0.15, 0.2) is 5.75 Å². The number of nitrogens with zero attached hydrogens (tertiary/aromatic N) is 3. The van der Waals surface area contributed by atoms with Crippen molar-refractivity contribution in [1.82, 2.24) is 4.90 Å². The fourth-order valence-corrected chi connectivity index (χ4v) is 3.29. The molecule has 1 saturated heterocycles. The molecule has 7 heteroatoms. The van der Waals surface area contributed by atoms with E-state index < -0.39 is 4.92 Å². The van der Waals surface area contributed by atoms with Gasteiger partial charge in [-0.15, -0.1) is 0 Å². The number of piperidine rings is 1. The van der Waals surface area contributed by atoms with Crippen LogP contribution in [0, 0.1) is 10.1 Å². The van der Waals surface area contributed by atoms with Gasteiger partial charge in [0, 0.05) is 35.7 Å². The molecule has 2 rings (SSSR count). The van der Waals surface area contributed by atoms with Gasteiger partial charge in [-0.3, -0.25) is 10.1 Å². The van der Waals surface area contributed by atoms with Crippen molar-refractivity contribution in [3.63, 3.8) is 0 Å². The normalized spacial score (nSPS) is 16.3. The van der Waals surface area contributed by atoms with E-state index in [1.165, 1.54) is 13.2 Å². The molecule has 1 aromatic carbocycles. The summed E-state index contributed by atoms with van der Waals surface area (Å²) < 4.78 is 5.89. The van der Waals surface area contributed by atoms with Crippen LogP contribution in [0.2, 0.25) is 0 Å². The van der Waals surface area contributed by atoms with Crippen molar-refractivity contribution in [2.24, 2.45) is 0 Å². The van der Waals surface area contributed by atoms with Crippen LogP contribution in [0.15, 0.2) is 16.6 Å². The minimum Gasteiger partial charge on any atom is -0.490 e. The predicted molar refractivity (Wildman–Crippen MR) is 86.3 cm³/mol. The Kier molecular flexibility index (Phi) is 5.05. The molecular formula is C14H20BrN3O3. The van der Waals surface area contributed by atoms with Crippen molar-refractivity contribution < 1.29 is 9.66 Å². The van der Waals surface area contributed by atoms with Crippen LogP contribution < -0.4 is 9.64 Å². The highest BCUT2D eigenvalue weighted by atomic mass is 79.9. The van der Waals surface area contributed by atoms with Gasteiger partial charge in [0.25, 0.3) is 0 Å². The van der Waals surface area contributed by atoms with Gasteiger partial charge in [0.2, 0.25) is 0 Å². The zero-order valence-corrected chi connectivity index (χ0v) is 14.1. The van der Waals surface area contributed by atoms with E-state index in [9.17, 15) is 10.1 Å². The molecule has 0 bridgehead atoms. The van der Waals surface area contributed by atoms with E-state index in [-0.39, 0.29) is 5.69 Å². The number of nitro benzene ring substituents is 1. The Labute approximate surface area is 132 Å². The molecular weight excluding hydrogens is 338 g/mol. The molecule has 0 aliphatic carbocycles. The first-order valence-corrected chi connectivity index (χ1v) is 7.66. The zero-order valence-electron chi connectivity index (χ0n) is 12.5. The van der Waals surface area contributed by atoms with Crippen LogP contribution in [0.5, 0.6) is 5.75 Å². The molecule has 0 atom stereocenters. The quantitative estimate of drug-likeness (QED) is 0.612. The lowest BCUT2D eigenvalue weighted by Crippen LogP contribution is -2.42. The molecule has 1 aromatic rings. The standard InChI is InChI=1S/C14H20BrN3O3/c1-16(2)10-4-6-17(7-5-10)12-9-14(21-3)13(18(19)20)8-11(12)15/h8-10H,4-7H2,1-3H3. The molecule has 1 heterocycles. The second-order valence-electron chi connectivity index (χ2n) is 5.41. The summed E-state index contributed by atoms with van der Waals surface area (Å²) in [7, 11) is 5.66. The Balaban J connectivity index is 2.23. The van der Waals surface area contributed by atoms with Crippen molar-refractivity contribution in [2.45, 2.75) is 18.9 Å². The maximum Gasteiger partial charge on any atom is 0.312 e. The predicted octanol–water partition coefficient (Wildman–Crippen LogP) is 2.90. The number of anilines is 1. The number of benzene rings is 1. The molecule has 0 spiro atoms. The van der Waals surface area contributed by atoms with Crippen LogP contribution in [0.25, 0.3) is 0 Å². The number of hydrogen-bond acceptors (Lipinski definition) is 5. The van der Waals surface area contributed by atoms with E-state index in [1.807, 2.05) is 0 Å². The van der Waals surface area contributed by atoms with Gasteiger partial charge in [-0.05, 0) is 42.9 Å². The minimum atomic E-state index is -0.425. The van der Waals surface area contributed by atoms with Gasteiger partial charge in [-0.1, -0.05) is 0 Å². The lowest BCUT2D eigenvalue weighted by Gasteiger charge is -2.37. The van der Waals surface area contributed by atoms with Crippen molar-refractivity contribution in [1.29, 1.82) is 0 Å². The molecule has 0 amide bonds. The van der Waals surface area contributed by atoms with Crippen LogP contribution in [0.4, 0.5) is 11.4 Å².